The van der Waals surface area contributed by atoms with E-state index in [1.807, 2.05) is 0 Å². The number of carbonyl (C=O) groups is 3. The van der Waals surface area contributed by atoms with Crippen molar-refractivity contribution in [3.8, 4) is 0 Å². The van der Waals surface area contributed by atoms with E-state index >= 15 is 0 Å². The molecule has 144 valence electrons. The number of aliphatic carboxylic acids is 1. The third-order valence-electron chi connectivity index (χ3n) is 3.62. The van der Waals surface area contributed by atoms with Gasteiger partial charge in [0.1, 0.15) is 17.7 Å². The van der Waals surface area contributed by atoms with Crippen molar-refractivity contribution in [3.63, 3.8) is 0 Å². The summed E-state index contributed by atoms with van der Waals surface area (Å²) in [5, 5.41) is 11.8. The van der Waals surface area contributed by atoms with Crippen LogP contribution in [0.25, 0.3) is 0 Å². The molecule has 2 atom stereocenters. The van der Waals surface area contributed by atoms with Gasteiger partial charge in [-0.15, -0.1) is 0 Å². The summed E-state index contributed by atoms with van der Waals surface area (Å²) in [5.74, 6) is -0.418. The summed E-state index contributed by atoms with van der Waals surface area (Å²) in [5.41, 5.74) is 4.76. The molecule has 1 saturated heterocycles. The van der Waals surface area contributed by atoms with Crippen LogP contribution in [0, 0.1) is 0 Å². The minimum atomic E-state index is -1.09. The van der Waals surface area contributed by atoms with Crippen LogP contribution in [-0.2, 0) is 14.3 Å². The van der Waals surface area contributed by atoms with Gasteiger partial charge in [-0.1, -0.05) is 0 Å². The number of hydrogen-bond donors (Lipinski definition) is 3. The van der Waals surface area contributed by atoms with Crippen molar-refractivity contribution in [2.24, 2.45) is 5.73 Å². The lowest BCUT2D eigenvalue weighted by atomic mass is 10.1. The Morgan fingerprint density at radius 3 is 2.60 bits per heavy atom. The van der Waals surface area contributed by atoms with Crippen LogP contribution < -0.4 is 11.1 Å². The van der Waals surface area contributed by atoms with Crippen molar-refractivity contribution in [3.05, 3.63) is 0 Å². The number of amides is 2. The van der Waals surface area contributed by atoms with Crippen molar-refractivity contribution in [2.45, 2.75) is 57.7 Å². The highest BCUT2D eigenvalue weighted by Gasteiger charge is 2.36. The maximum Gasteiger partial charge on any atom is 0.411 e. The van der Waals surface area contributed by atoms with Crippen molar-refractivity contribution in [1.82, 2.24) is 10.2 Å². The van der Waals surface area contributed by atoms with Crippen LogP contribution in [0.3, 0.4) is 0 Å². The van der Waals surface area contributed by atoms with E-state index in [4.69, 9.17) is 10.5 Å². The van der Waals surface area contributed by atoms with E-state index in [0.29, 0.717) is 43.9 Å². The Bertz CT molecular complexity index is 481. The molecule has 25 heavy (non-hydrogen) atoms. The van der Waals surface area contributed by atoms with Crippen LogP contribution >= 0.6 is 11.8 Å². The molecule has 1 aliphatic rings. The highest BCUT2D eigenvalue weighted by atomic mass is 32.2. The maximum absolute atomic E-state index is 12.6. The molecule has 0 aromatic carbocycles. The van der Waals surface area contributed by atoms with Crippen molar-refractivity contribution in [1.29, 1.82) is 0 Å². The quantitative estimate of drug-likeness (QED) is 0.568. The van der Waals surface area contributed by atoms with Gasteiger partial charge in [0.25, 0.3) is 0 Å². The normalized spacial score (nSPS) is 19.2. The van der Waals surface area contributed by atoms with E-state index in [9.17, 15) is 19.5 Å². The van der Waals surface area contributed by atoms with Gasteiger partial charge in [0.05, 0.1) is 0 Å². The van der Waals surface area contributed by atoms with Gasteiger partial charge in [0.2, 0.25) is 5.91 Å². The Kier molecular flexibility index (Phi) is 8.51. The third-order valence-corrected chi connectivity index (χ3v) is 4.64. The maximum atomic E-state index is 12.6. The number of carbonyl (C=O) groups excluding carboxylic acids is 2. The van der Waals surface area contributed by atoms with Crippen LogP contribution in [0.1, 0.15) is 40.0 Å². The van der Waals surface area contributed by atoms with Crippen molar-refractivity contribution < 1.29 is 24.2 Å². The molecule has 1 rings (SSSR count). The van der Waals surface area contributed by atoms with Gasteiger partial charge >= 0.3 is 12.1 Å². The Balaban J connectivity index is 2.74. The van der Waals surface area contributed by atoms with Crippen LogP contribution in [0.15, 0.2) is 0 Å². The Hall–Kier alpha value is -1.48. The number of nitrogens with two attached hydrogens (primary N) is 1. The standard InChI is InChI=1S/C16H29N3O5S/c1-16(2,3)24-15(23)19-8-9-25-10-12(19)13(20)18-11(14(21)22)6-4-5-7-17/h11-12H,4-10,17H2,1-3H3,(H,18,20)(H,21,22)/t11-,12?/m0/s1. The van der Waals surface area contributed by atoms with Gasteiger partial charge < -0.3 is 20.9 Å². The summed E-state index contributed by atoms with van der Waals surface area (Å²) in [4.78, 5) is 37.7. The lowest BCUT2D eigenvalue weighted by Crippen LogP contribution is -2.57. The fourth-order valence-electron chi connectivity index (χ4n) is 2.38. The summed E-state index contributed by atoms with van der Waals surface area (Å²) in [7, 11) is 0. The first-order chi connectivity index (χ1) is 11.7. The second-order valence-electron chi connectivity index (χ2n) is 6.95. The van der Waals surface area contributed by atoms with Crippen LogP contribution in [0.5, 0.6) is 0 Å². The number of thioether (sulfide) groups is 1. The molecule has 1 aliphatic heterocycles. The van der Waals surface area contributed by atoms with E-state index in [-0.39, 0.29) is 0 Å². The molecule has 0 aromatic rings. The predicted molar refractivity (Wildman–Crippen MR) is 96.5 cm³/mol. The number of nitrogens with zero attached hydrogens (tertiary/aromatic N) is 1. The van der Waals surface area contributed by atoms with Crippen LogP contribution in [0.4, 0.5) is 4.79 Å². The van der Waals surface area contributed by atoms with Crippen LogP contribution in [-0.4, -0.2) is 70.3 Å². The van der Waals surface area contributed by atoms with Gasteiger partial charge in [-0.25, -0.2) is 9.59 Å². The molecule has 1 fully saturated rings. The minimum Gasteiger partial charge on any atom is -0.480 e. The second kappa shape index (κ2) is 9.86. The molecule has 0 spiro atoms. The SMILES string of the molecule is CC(C)(C)OC(=O)N1CCSCC1C(=O)N[C@@H](CCCCN)C(=O)O. The summed E-state index contributed by atoms with van der Waals surface area (Å²) < 4.78 is 5.36. The number of ether oxygens (including phenoxy) is 1. The lowest BCUT2D eigenvalue weighted by molar-refractivity contribution is -0.142. The smallest absolute Gasteiger partial charge is 0.411 e. The topological polar surface area (TPSA) is 122 Å². The number of carboxylic acids is 1. The number of hydrogen-bond acceptors (Lipinski definition) is 6. The Labute approximate surface area is 152 Å². The monoisotopic (exact) mass is 375 g/mol. The van der Waals surface area contributed by atoms with E-state index < -0.39 is 35.7 Å². The summed E-state index contributed by atoms with van der Waals surface area (Å²) in [6, 6.07) is -1.71. The molecule has 0 bridgehead atoms. The molecule has 1 heterocycles. The highest BCUT2D eigenvalue weighted by Crippen LogP contribution is 2.20. The first-order valence-corrected chi connectivity index (χ1v) is 9.62. The molecular formula is C16H29N3O5S. The second-order valence-corrected chi connectivity index (χ2v) is 8.10. The first-order valence-electron chi connectivity index (χ1n) is 8.46. The van der Waals surface area contributed by atoms with E-state index in [0.717, 1.165) is 0 Å². The predicted octanol–water partition coefficient (Wildman–Crippen LogP) is 1.04. The molecule has 1 unspecified atom stereocenters. The fourth-order valence-corrected chi connectivity index (χ4v) is 3.43. The van der Waals surface area contributed by atoms with Gasteiger partial charge in [-0.2, -0.15) is 11.8 Å². The molecule has 8 nitrogen and oxygen atoms in total. The molecule has 4 N–H and O–H groups in total. The zero-order chi connectivity index (χ0) is 19.0. The average Bonchev–Trinajstić information content (AvgIpc) is 2.52. The minimum absolute atomic E-state index is 0.310. The third kappa shape index (κ3) is 7.52. The van der Waals surface area contributed by atoms with Crippen molar-refractivity contribution in [2.75, 3.05) is 24.6 Å². The fraction of sp³-hybridized carbons (Fsp3) is 0.812. The zero-order valence-corrected chi connectivity index (χ0v) is 15.9. The Morgan fingerprint density at radius 2 is 2.04 bits per heavy atom. The molecule has 9 heteroatoms. The molecule has 0 radical (unpaired) electrons. The first kappa shape index (κ1) is 21.6. The highest BCUT2D eigenvalue weighted by molar-refractivity contribution is 7.99. The number of unbranched alkanes of at least 4 members (excludes halogenated alkanes) is 1. The number of nitrogens with one attached hydrogen (secondary N) is 1. The summed E-state index contributed by atoms with van der Waals surface area (Å²) >= 11 is 1.55. The molecule has 0 saturated carbocycles. The molecular weight excluding hydrogens is 346 g/mol. The largest absolute Gasteiger partial charge is 0.480 e. The van der Waals surface area contributed by atoms with Crippen molar-refractivity contribution >= 4 is 29.7 Å². The Morgan fingerprint density at radius 1 is 1.36 bits per heavy atom. The lowest BCUT2D eigenvalue weighted by Gasteiger charge is -2.36. The zero-order valence-electron chi connectivity index (χ0n) is 15.1. The molecule has 2 amide bonds. The molecule has 0 aromatic heterocycles. The van der Waals surface area contributed by atoms with E-state index in [1.54, 1.807) is 32.5 Å². The summed E-state index contributed by atoms with van der Waals surface area (Å²) in [6.45, 7) is 6.15. The summed E-state index contributed by atoms with van der Waals surface area (Å²) in [6.07, 6.45) is 1.07. The average molecular weight is 375 g/mol. The van der Waals surface area contributed by atoms with Crippen LogP contribution in [0.2, 0.25) is 0 Å². The van der Waals surface area contributed by atoms with Gasteiger partial charge in [-0.3, -0.25) is 9.69 Å². The number of carboxylic acid groups (broad SMARTS) is 1. The molecule has 0 aliphatic carbocycles. The van der Waals surface area contributed by atoms with Gasteiger partial charge in [0, 0.05) is 18.1 Å². The van der Waals surface area contributed by atoms with E-state index in [2.05, 4.69) is 5.32 Å². The number of rotatable bonds is 7. The van der Waals surface area contributed by atoms with Gasteiger partial charge in [-0.05, 0) is 46.6 Å². The van der Waals surface area contributed by atoms with E-state index in [1.165, 1.54) is 4.90 Å². The van der Waals surface area contributed by atoms with Gasteiger partial charge in [0.15, 0.2) is 0 Å².